The fourth-order valence-corrected chi connectivity index (χ4v) is 3.50. The fraction of sp³-hybridized carbons (Fsp3) is 0.350. The minimum atomic E-state index is -0.930. The Labute approximate surface area is 148 Å². The highest BCUT2D eigenvalue weighted by Crippen LogP contribution is 2.32. The third-order valence-electron chi connectivity index (χ3n) is 4.78. The summed E-state index contributed by atoms with van der Waals surface area (Å²) in [5.41, 5.74) is 3.29. The number of nitrogens with zero attached hydrogens (tertiary/aromatic N) is 2. The van der Waals surface area contributed by atoms with E-state index in [1.807, 2.05) is 48.5 Å². The van der Waals surface area contributed by atoms with Crippen molar-refractivity contribution in [2.75, 3.05) is 31.6 Å². The highest BCUT2D eigenvalue weighted by Gasteiger charge is 2.26. The number of carboxylic acid groups (broad SMARTS) is 1. The molecule has 1 unspecified atom stereocenters. The first-order valence-corrected chi connectivity index (χ1v) is 8.56. The van der Waals surface area contributed by atoms with E-state index in [9.17, 15) is 15.0 Å². The van der Waals surface area contributed by atoms with Crippen LogP contribution in [-0.4, -0.2) is 47.9 Å². The van der Waals surface area contributed by atoms with Crippen LogP contribution in [0.15, 0.2) is 48.5 Å². The average Bonchev–Trinajstić information content (AvgIpc) is 3.04. The van der Waals surface area contributed by atoms with E-state index in [4.69, 9.17) is 0 Å². The quantitative estimate of drug-likeness (QED) is 0.877. The van der Waals surface area contributed by atoms with E-state index in [2.05, 4.69) is 11.9 Å². The first kappa shape index (κ1) is 17.5. The van der Waals surface area contributed by atoms with E-state index in [1.54, 1.807) is 0 Å². The Morgan fingerprint density at radius 2 is 2.04 bits per heavy atom. The minimum Gasteiger partial charge on any atom is -0.465 e. The number of para-hydroxylation sites is 1. The van der Waals surface area contributed by atoms with Gasteiger partial charge in [-0.05, 0) is 49.2 Å². The van der Waals surface area contributed by atoms with Gasteiger partial charge in [-0.15, -0.1) is 0 Å². The van der Waals surface area contributed by atoms with Gasteiger partial charge in [0.1, 0.15) is 0 Å². The predicted molar refractivity (Wildman–Crippen MR) is 98.8 cm³/mol. The Kier molecular flexibility index (Phi) is 5.36. The molecule has 132 valence electrons. The first-order valence-electron chi connectivity index (χ1n) is 8.56. The van der Waals surface area contributed by atoms with E-state index in [0.717, 1.165) is 36.2 Å². The van der Waals surface area contributed by atoms with Crippen LogP contribution >= 0.6 is 0 Å². The van der Waals surface area contributed by atoms with Crippen LogP contribution in [0.4, 0.5) is 10.5 Å². The van der Waals surface area contributed by atoms with Gasteiger partial charge in [-0.2, -0.15) is 0 Å². The number of amides is 1. The summed E-state index contributed by atoms with van der Waals surface area (Å²) in [5.74, 6) is 0.345. The molecule has 5 heteroatoms. The zero-order valence-corrected chi connectivity index (χ0v) is 14.4. The maximum Gasteiger partial charge on any atom is 0.411 e. The molecule has 1 saturated heterocycles. The molecular formula is C20H24N2O3. The second kappa shape index (κ2) is 7.68. The van der Waals surface area contributed by atoms with Gasteiger partial charge in [-0.1, -0.05) is 36.4 Å². The molecule has 0 aromatic heterocycles. The van der Waals surface area contributed by atoms with Gasteiger partial charge < -0.3 is 15.1 Å². The van der Waals surface area contributed by atoms with Crippen molar-refractivity contribution in [3.8, 4) is 11.1 Å². The monoisotopic (exact) mass is 340 g/mol. The zero-order valence-electron chi connectivity index (χ0n) is 14.4. The summed E-state index contributed by atoms with van der Waals surface area (Å²) in [6, 6.07) is 15.2. The molecule has 2 aromatic rings. The second-order valence-electron chi connectivity index (χ2n) is 6.69. The highest BCUT2D eigenvalue weighted by molar-refractivity contribution is 5.92. The largest absolute Gasteiger partial charge is 0.465 e. The smallest absolute Gasteiger partial charge is 0.411 e. The standard InChI is InChI=1S/C20H24N2O3/c1-21-10-9-16(12-21)13-22(20(24)25)19-8-3-2-7-18(19)17-6-4-5-15(11-17)14-23/h2-8,11,16,23H,9-10,12-14H2,1H3,(H,24,25). The Morgan fingerprint density at radius 1 is 1.24 bits per heavy atom. The van der Waals surface area contributed by atoms with Gasteiger partial charge >= 0.3 is 6.09 Å². The molecule has 1 amide bonds. The van der Waals surface area contributed by atoms with E-state index < -0.39 is 6.09 Å². The topological polar surface area (TPSA) is 64.0 Å². The van der Waals surface area contributed by atoms with Crippen molar-refractivity contribution in [1.82, 2.24) is 4.90 Å². The fourth-order valence-electron chi connectivity index (χ4n) is 3.50. The molecule has 1 atom stereocenters. The first-order chi connectivity index (χ1) is 12.1. The number of carbonyl (C=O) groups is 1. The Balaban J connectivity index is 1.95. The van der Waals surface area contributed by atoms with Crippen molar-refractivity contribution in [1.29, 1.82) is 0 Å². The van der Waals surface area contributed by atoms with Crippen molar-refractivity contribution >= 4 is 11.8 Å². The maximum absolute atomic E-state index is 11.9. The SMILES string of the molecule is CN1CCC(CN(C(=O)O)c2ccccc2-c2cccc(CO)c2)C1. The van der Waals surface area contributed by atoms with Crippen molar-refractivity contribution < 1.29 is 15.0 Å². The van der Waals surface area contributed by atoms with E-state index in [1.165, 1.54) is 4.90 Å². The Bertz CT molecular complexity index is 747. The van der Waals surface area contributed by atoms with Crippen LogP contribution in [0.2, 0.25) is 0 Å². The van der Waals surface area contributed by atoms with E-state index in [-0.39, 0.29) is 6.61 Å². The summed E-state index contributed by atoms with van der Waals surface area (Å²) in [6.07, 6.45) is 0.0861. The number of aliphatic hydroxyl groups is 1. The summed E-state index contributed by atoms with van der Waals surface area (Å²) in [7, 11) is 2.07. The van der Waals surface area contributed by atoms with Crippen LogP contribution < -0.4 is 4.90 Å². The van der Waals surface area contributed by atoms with Gasteiger partial charge in [0.25, 0.3) is 0 Å². The summed E-state index contributed by atoms with van der Waals surface area (Å²) in [6.45, 7) is 2.40. The molecule has 0 spiro atoms. The molecule has 2 aromatic carbocycles. The molecule has 1 heterocycles. The van der Waals surface area contributed by atoms with Crippen LogP contribution in [-0.2, 0) is 6.61 Å². The van der Waals surface area contributed by atoms with E-state index in [0.29, 0.717) is 18.2 Å². The molecule has 1 aliphatic rings. The summed E-state index contributed by atoms with van der Waals surface area (Å²) >= 11 is 0. The number of hydrogen-bond donors (Lipinski definition) is 2. The Hall–Kier alpha value is -2.37. The molecule has 1 fully saturated rings. The molecular weight excluding hydrogens is 316 g/mol. The Morgan fingerprint density at radius 3 is 2.72 bits per heavy atom. The molecule has 2 N–H and O–H groups in total. The molecule has 0 bridgehead atoms. The number of likely N-dealkylation sites (tertiary alicyclic amines) is 1. The molecule has 0 aliphatic carbocycles. The van der Waals surface area contributed by atoms with Crippen molar-refractivity contribution in [2.45, 2.75) is 13.0 Å². The van der Waals surface area contributed by atoms with Crippen LogP contribution in [0, 0.1) is 5.92 Å². The zero-order chi connectivity index (χ0) is 17.8. The molecule has 3 rings (SSSR count). The van der Waals surface area contributed by atoms with Gasteiger partial charge in [0.15, 0.2) is 0 Å². The summed E-state index contributed by atoms with van der Waals surface area (Å²) < 4.78 is 0. The lowest BCUT2D eigenvalue weighted by Crippen LogP contribution is -2.35. The third-order valence-corrected chi connectivity index (χ3v) is 4.78. The average molecular weight is 340 g/mol. The number of aliphatic hydroxyl groups excluding tert-OH is 1. The van der Waals surface area contributed by atoms with Gasteiger partial charge in [0.05, 0.1) is 12.3 Å². The van der Waals surface area contributed by atoms with E-state index >= 15 is 0 Å². The second-order valence-corrected chi connectivity index (χ2v) is 6.69. The van der Waals surface area contributed by atoms with Gasteiger partial charge in [0.2, 0.25) is 0 Å². The van der Waals surface area contributed by atoms with Crippen LogP contribution in [0.1, 0.15) is 12.0 Å². The maximum atomic E-state index is 11.9. The van der Waals surface area contributed by atoms with Crippen molar-refractivity contribution in [3.05, 3.63) is 54.1 Å². The number of rotatable bonds is 5. The van der Waals surface area contributed by atoms with Crippen molar-refractivity contribution in [2.24, 2.45) is 5.92 Å². The number of hydrogen-bond acceptors (Lipinski definition) is 3. The van der Waals surface area contributed by atoms with Gasteiger partial charge in [0, 0.05) is 18.7 Å². The molecule has 25 heavy (non-hydrogen) atoms. The summed E-state index contributed by atoms with van der Waals surface area (Å²) in [4.78, 5) is 15.6. The molecule has 1 aliphatic heterocycles. The summed E-state index contributed by atoms with van der Waals surface area (Å²) in [5, 5.41) is 19.2. The third kappa shape index (κ3) is 4.00. The van der Waals surface area contributed by atoms with Crippen LogP contribution in [0.3, 0.4) is 0 Å². The van der Waals surface area contributed by atoms with Crippen LogP contribution in [0.5, 0.6) is 0 Å². The molecule has 0 saturated carbocycles. The molecule has 5 nitrogen and oxygen atoms in total. The predicted octanol–water partition coefficient (Wildman–Crippen LogP) is 3.28. The van der Waals surface area contributed by atoms with Gasteiger partial charge in [-0.3, -0.25) is 4.90 Å². The van der Waals surface area contributed by atoms with Gasteiger partial charge in [-0.25, -0.2) is 4.79 Å². The normalized spacial score (nSPS) is 17.6. The minimum absolute atomic E-state index is 0.0347. The highest BCUT2D eigenvalue weighted by atomic mass is 16.4. The number of benzene rings is 2. The van der Waals surface area contributed by atoms with Crippen LogP contribution in [0.25, 0.3) is 11.1 Å². The number of anilines is 1. The lowest BCUT2D eigenvalue weighted by Gasteiger charge is -2.25. The lowest BCUT2D eigenvalue weighted by atomic mass is 10.00. The molecule has 0 radical (unpaired) electrons. The van der Waals surface area contributed by atoms with Crippen molar-refractivity contribution in [3.63, 3.8) is 0 Å². The lowest BCUT2D eigenvalue weighted by molar-refractivity contribution is 0.200.